The van der Waals surface area contributed by atoms with E-state index in [1.807, 2.05) is 24.3 Å². The summed E-state index contributed by atoms with van der Waals surface area (Å²) in [5.41, 5.74) is 1.89. The minimum atomic E-state index is -0.144. The summed E-state index contributed by atoms with van der Waals surface area (Å²) < 4.78 is 19.3. The molecule has 0 aliphatic carbocycles. The lowest BCUT2D eigenvalue weighted by Crippen LogP contribution is -2.10. The van der Waals surface area contributed by atoms with E-state index in [0.29, 0.717) is 19.5 Å². The molecule has 3 heteroatoms. The maximum atomic E-state index is 13.5. The van der Waals surface area contributed by atoms with Crippen LogP contribution >= 0.6 is 0 Å². The van der Waals surface area contributed by atoms with Crippen molar-refractivity contribution in [1.29, 1.82) is 0 Å². The van der Waals surface area contributed by atoms with Gasteiger partial charge in [-0.05, 0) is 42.2 Å². The quantitative estimate of drug-likeness (QED) is 0.409. The molecule has 0 atom stereocenters. The molecule has 0 amide bonds. The van der Waals surface area contributed by atoms with Crippen LogP contribution in [0.15, 0.2) is 48.5 Å². The summed E-state index contributed by atoms with van der Waals surface area (Å²) in [5.74, 6) is 0.781. The maximum absolute atomic E-state index is 13.5. The van der Waals surface area contributed by atoms with Crippen LogP contribution < -0.4 is 10.1 Å². The first kappa shape index (κ1) is 20.4. The Kier molecular flexibility index (Phi) is 9.81. The van der Waals surface area contributed by atoms with Gasteiger partial charge in [-0.2, -0.15) is 0 Å². The van der Waals surface area contributed by atoms with Gasteiger partial charge in [-0.25, -0.2) is 9.71 Å². The Bertz CT molecular complexity index is 612. The summed E-state index contributed by atoms with van der Waals surface area (Å²) in [7, 11) is 0. The first-order valence-corrected chi connectivity index (χ1v) is 9.88. The highest BCUT2D eigenvalue weighted by atomic mass is 19.1. The van der Waals surface area contributed by atoms with Gasteiger partial charge in [0.15, 0.2) is 0 Å². The first-order chi connectivity index (χ1) is 12.8. The molecule has 26 heavy (non-hydrogen) atoms. The Labute approximate surface area is 157 Å². The molecular weight excluding hydrogens is 325 g/mol. The van der Waals surface area contributed by atoms with Gasteiger partial charge in [-0.15, -0.1) is 0 Å². The van der Waals surface area contributed by atoms with Gasteiger partial charge < -0.3 is 4.74 Å². The van der Waals surface area contributed by atoms with Crippen molar-refractivity contribution in [2.45, 2.75) is 58.4 Å². The molecule has 0 aliphatic heterocycles. The zero-order valence-corrected chi connectivity index (χ0v) is 15.9. The molecule has 0 N–H and O–H groups in total. The van der Waals surface area contributed by atoms with Gasteiger partial charge >= 0.3 is 0 Å². The van der Waals surface area contributed by atoms with Gasteiger partial charge in [0.1, 0.15) is 11.6 Å². The fourth-order valence-electron chi connectivity index (χ4n) is 2.87. The van der Waals surface area contributed by atoms with Crippen LogP contribution in [0.2, 0.25) is 0 Å². The normalized spacial score (nSPS) is 10.8. The molecule has 0 fully saturated rings. The highest BCUT2D eigenvalue weighted by Crippen LogP contribution is 2.14. The van der Waals surface area contributed by atoms with Crippen LogP contribution in [0.1, 0.15) is 56.6 Å². The van der Waals surface area contributed by atoms with Crippen LogP contribution in [-0.2, 0) is 13.0 Å². The van der Waals surface area contributed by atoms with Crippen molar-refractivity contribution in [3.8, 4) is 5.75 Å². The van der Waals surface area contributed by atoms with Crippen LogP contribution in [0, 0.1) is 5.82 Å². The minimum Gasteiger partial charge on any atom is -0.494 e. The van der Waals surface area contributed by atoms with E-state index in [1.54, 1.807) is 6.07 Å². The first-order valence-electron chi connectivity index (χ1n) is 9.88. The number of nitrogens with zero attached hydrogens (tertiary/aromatic N) is 1. The molecule has 0 bridgehead atoms. The number of hydrogen-bond donors (Lipinski definition) is 0. The molecule has 2 aromatic rings. The monoisotopic (exact) mass is 356 g/mol. The third-order valence-corrected chi connectivity index (χ3v) is 4.48. The summed E-state index contributed by atoms with van der Waals surface area (Å²) in [6.07, 6.45) is 8.30. The molecule has 0 saturated carbocycles. The number of benzene rings is 2. The Hall–Kier alpha value is -1.87. The smallest absolute Gasteiger partial charge is 0.126 e. The molecule has 2 rings (SSSR count). The maximum Gasteiger partial charge on any atom is 0.126 e. The molecule has 0 spiro atoms. The number of unbranched alkanes of at least 4 members (excludes halogenated alkanes) is 5. The van der Waals surface area contributed by atoms with Crippen LogP contribution in [0.25, 0.3) is 0 Å². The van der Waals surface area contributed by atoms with Crippen LogP contribution in [0.4, 0.5) is 4.39 Å². The fraction of sp³-hybridized carbons (Fsp3) is 0.478. The van der Waals surface area contributed by atoms with E-state index < -0.39 is 0 Å². The molecule has 0 heterocycles. The van der Waals surface area contributed by atoms with E-state index in [4.69, 9.17) is 4.74 Å². The van der Waals surface area contributed by atoms with E-state index in [0.717, 1.165) is 29.9 Å². The molecule has 1 radical (unpaired) electrons. The molecule has 2 aromatic carbocycles. The third-order valence-electron chi connectivity index (χ3n) is 4.48. The van der Waals surface area contributed by atoms with Crippen molar-refractivity contribution in [3.63, 3.8) is 0 Å². The molecule has 0 saturated heterocycles. The molecular formula is C23H31FNO. The molecule has 0 unspecified atom stereocenters. The molecule has 0 aliphatic rings. The number of rotatable bonds is 13. The van der Waals surface area contributed by atoms with E-state index in [1.165, 1.54) is 38.2 Å². The van der Waals surface area contributed by atoms with Crippen LogP contribution in [0.5, 0.6) is 5.75 Å². The standard InChI is InChI=1S/C23H31FNO/c1-2-3-4-5-6-9-18-26-22-14-12-20(13-15-22)19-25-17-16-21-10-7-8-11-23(21)24/h7-8,10-15H,2-6,9,16-19H2,1H3. The summed E-state index contributed by atoms with van der Waals surface area (Å²) >= 11 is 0. The van der Waals surface area contributed by atoms with Crippen molar-refractivity contribution < 1.29 is 9.13 Å². The second kappa shape index (κ2) is 12.5. The topological polar surface area (TPSA) is 23.3 Å². The lowest BCUT2D eigenvalue weighted by molar-refractivity contribution is 0.304. The Morgan fingerprint density at radius 1 is 0.885 bits per heavy atom. The van der Waals surface area contributed by atoms with E-state index in [9.17, 15) is 4.39 Å². The molecule has 141 valence electrons. The van der Waals surface area contributed by atoms with Crippen molar-refractivity contribution >= 4 is 0 Å². The van der Waals surface area contributed by atoms with Gasteiger partial charge in [0.25, 0.3) is 0 Å². The Morgan fingerprint density at radius 2 is 1.62 bits per heavy atom. The number of hydrogen-bond acceptors (Lipinski definition) is 1. The second-order valence-corrected chi connectivity index (χ2v) is 6.71. The van der Waals surface area contributed by atoms with E-state index in [2.05, 4.69) is 24.4 Å². The Balaban J connectivity index is 1.58. The second-order valence-electron chi connectivity index (χ2n) is 6.71. The number of ether oxygens (including phenoxy) is 1. The highest BCUT2D eigenvalue weighted by molar-refractivity contribution is 5.27. The van der Waals surface area contributed by atoms with Crippen LogP contribution in [0.3, 0.4) is 0 Å². The lowest BCUT2D eigenvalue weighted by atomic mass is 10.1. The minimum absolute atomic E-state index is 0.144. The van der Waals surface area contributed by atoms with Gasteiger partial charge in [-0.3, -0.25) is 0 Å². The average molecular weight is 357 g/mol. The van der Waals surface area contributed by atoms with Crippen LogP contribution in [-0.4, -0.2) is 13.2 Å². The summed E-state index contributed by atoms with van der Waals surface area (Å²) in [5, 5.41) is 4.51. The third kappa shape index (κ3) is 8.01. The highest BCUT2D eigenvalue weighted by Gasteiger charge is 2.01. The van der Waals surface area contributed by atoms with Gasteiger partial charge in [-0.1, -0.05) is 69.4 Å². The summed E-state index contributed by atoms with van der Waals surface area (Å²) in [4.78, 5) is 0. The summed E-state index contributed by atoms with van der Waals surface area (Å²) in [6, 6.07) is 15.0. The zero-order valence-electron chi connectivity index (χ0n) is 15.9. The average Bonchev–Trinajstić information content (AvgIpc) is 2.67. The molecule has 0 aromatic heterocycles. The predicted octanol–water partition coefficient (Wildman–Crippen LogP) is 5.91. The van der Waals surface area contributed by atoms with E-state index >= 15 is 0 Å². The predicted molar refractivity (Wildman–Crippen MR) is 106 cm³/mol. The fourth-order valence-corrected chi connectivity index (χ4v) is 2.87. The van der Waals surface area contributed by atoms with Crippen molar-refractivity contribution in [3.05, 3.63) is 65.5 Å². The van der Waals surface area contributed by atoms with Crippen molar-refractivity contribution in [2.75, 3.05) is 13.2 Å². The zero-order chi connectivity index (χ0) is 18.5. The molecule has 2 nitrogen and oxygen atoms in total. The lowest BCUT2D eigenvalue weighted by Gasteiger charge is -2.08. The van der Waals surface area contributed by atoms with Gasteiger partial charge in [0, 0.05) is 13.1 Å². The summed E-state index contributed by atoms with van der Waals surface area (Å²) in [6.45, 7) is 4.32. The number of halogens is 1. The van der Waals surface area contributed by atoms with Crippen molar-refractivity contribution in [2.24, 2.45) is 0 Å². The van der Waals surface area contributed by atoms with Gasteiger partial charge in [0.2, 0.25) is 0 Å². The SMILES string of the molecule is CCCCCCCCOc1ccc(C[N]CCc2ccccc2F)cc1. The largest absolute Gasteiger partial charge is 0.494 e. The van der Waals surface area contributed by atoms with E-state index in [-0.39, 0.29) is 5.82 Å². The Morgan fingerprint density at radius 3 is 2.38 bits per heavy atom. The van der Waals surface area contributed by atoms with Gasteiger partial charge in [0.05, 0.1) is 6.61 Å². The van der Waals surface area contributed by atoms with Crippen molar-refractivity contribution in [1.82, 2.24) is 5.32 Å².